The van der Waals surface area contributed by atoms with Crippen LogP contribution in [0.5, 0.6) is 0 Å². The third-order valence-electron chi connectivity index (χ3n) is 2.49. The minimum absolute atomic E-state index is 0.0815. The maximum absolute atomic E-state index is 11.4. The number of aryl methyl sites for hydroxylation is 1. The molecule has 2 aromatic heterocycles. The van der Waals surface area contributed by atoms with Gasteiger partial charge in [0.2, 0.25) is 0 Å². The molecule has 6 nitrogen and oxygen atoms in total. The van der Waals surface area contributed by atoms with Crippen LogP contribution >= 0.6 is 0 Å². The molecule has 1 N–H and O–H groups in total. The fraction of sp³-hybridized carbons (Fsp3) is 0.273. The number of hydrogen-bond donors (Lipinski definition) is 1. The molecule has 0 aliphatic carbocycles. The van der Waals surface area contributed by atoms with Gasteiger partial charge < -0.3 is 5.11 Å². The Kier molecular flexibility index (Phi) is 3.18. The van der Waals surface area contributed by atoms with Crippen LogP contribution in [0.3, 0.4) is 0 Å². The predicted octanol–water partition coefficient (Wildman–Crippen LogP) is 0.472. The van der Waals surface area contributed by atoms with E-state index >= 15 is 0 Å². The molecule has 0 aliphatic heterocycles. The first-order chi connectivity index (χ1) is 8.41. The van der Waals surface area contributed by atoms with Crippen LogP contribution in [-0.4, -0.2) is 34.5 Å². The number of aliphatic hydroxyl groups is 1. The summed E-state index contributed by atoms with van der Waals surface area (Å²) in [5, 5.41) is 13.0. The molecule has 0 fully saturated rings. The average molecular weight is 267 g/mol. The molecule has 0 atom stereocenters. The van der Waals surface area contributed by atoms with Crippen molar-refractivity contribution in [3.8, 4) is 5.82 Å². The van der Waals surface area contributed by atoms with Gasteiger partial charge in [0.05, 0.1) is 19.0 Å². The van der Waals surface area contributed by atoms with Crippen LogP contribution in [0.4, 0.5) is 0 Å². The lowest BCUT2D eigenvalue weighted by Gasteiger charge is -2.05. The first kappa shape index (κ1) is 12.7. The van der Waals surface area contributed by atoms with Gasteiger partial charge in [-0.1, -0.05) is 0 Å². The molecule has 18 heavy (non-hydrogen) atoms. The lowest BCUT2D eigenvalue weighted by atomic mass is 10.2. The van der Waals surface area contributed by atoms with Crippen LogP contribution in [0.25, 0.3) is 5.82 Å². The molecule has 0 amide bonds. The van der Waals surface area contributed by atoms with Crippen LogP contribution in [0.15, 0.2) is 29.6 Å². The highest BCUT2D eigenvalue weighted by molar-refractivity contribution is 7.90. The van der Waals surface area contributed by atoms with Crippen LogP contribution in [0.2, 0.25) is 0 Å². The molecule has 0 aromatic carbocycles. The van der Waals surface area contributed by atoms with Gasteiger partial charge in [-0.3, -0.25) is 0 Å². The molecule has 2 heterocycles. The summed E-state index contributed by atoms with van der Waals surface area (Å²) < 4.78 is 24.1. The summed E-state index contributed by atoms with van der Waals surface area (Å²) in [6, 6.07) is 1.78. The Bertz CT molecular complexity index is 677. The van der Waals surface area contributed by atoms with E-state index in [-0.39, 0.29) is 11.5 Å². The summed E-state index contributed by atoms with van der Waals surface area (Å²) in [4.78, 5) is 4.31. The Morgan fingerprint density at radius 3 is 2.61 bits per heavy atom. The van der Waals surface area contributed by atoms with Gasteiger partial charge in [-0.15, -0.1) is 0 Å². The minimum atomic E-state index is -3.27. The molecule has 0 saturated carbocycles. The molecule has 0 unspecified atom stereocenters. The number of pyridine rings is 1. The number of rotatable bonds is 3. The van der Waals surface area contributed by atoms with Crippen LogP contribution in [-0.2, 0) is 16.4 Å². The third-order valence-corrected chi connectivity index (χ3v) is 3.56. The van der Waals surface area contributed by atoms with Crippen molar-refractivity contribution in [2.75, 3.05) is 6.26 Å². The van der Waals surface area contributed by atoms with Crippen LogP contribution < -0.4 is 0 Å². The zero-order chi connectivity index (χ0) is 13.3. The molecule has 2 rings (SSSR count). The number of aromatic nitrogens is 3. The highest BCUT2D eigenvalue weighted by Gasteiger charge is 2.12. The van der Waals surface area contributed by atoms with Crippen molar-refractivity contribution >= 4 is 9.84 Å². The Labute approximate surface area is 105 Å². The maximum atomic E-state index is 11.4. The summed E-state index contributed by atoms with van der Waals surface area (Å²) >= 11 is 0. The van der Waals surface area contributed by atoms with Crippen LogP contribution in [0, 0.1) is 6.92 Å². The molecule has 0 saturated heterocycles. The summed E-state index contributed by atoms with van der Waals surface area (Å²) in [6.45, 7) is 1.74. The lowest BCUT2D eigenvalue weighted by molar-refractivity contribution is 0.281. The van der Waals surface area contributed by atoms with E-state index in [1.165, 1.54) is 23.3 Å². The highest BCUT2D eigenvalue weighted by Crippen LogP contribution is 2.14. The minimum Gasteiger partial charge on any atom is -0.392 e. The van der Waals surface area contributed by atoms with Crippen molar-refractivity contribution in [2.24, 2.45) is 0 Å². The fourth-order valence-corrected chi connectivity index (χ4v) is 2.10. The fourth-order valence-electron chi connectivity index (χ4n) is 1.57. The Balaban J connectivity index is 2.47. The van der Waals surface area contributed by atoms with Crippen molar-refractivity contribution < 1.29 is 13.5 Å². The first-order valence-electron chi connectivity index (χ1n) is 5.23. The van der Waals surface area contributed by atoms with E-state index in [2.05, 4.69) is 10.1 Å². The normalized spacial score (nSPS) is 11.7. The highest BCUT2D eigenvalue weighted by atomic mass is 32.2. The third kappa shape index (κ3) is 2.41. The summed E-state index contributed by atoms with van der Waals surface area (Å²) in [6.07, 6.45) is 5.37. The molecular weight excluding hydrogens is 254 g/mol. The molecule has 2 aromatic rings. The van der Waals surface area contributed by atoms with Crippen molar-refractivity contribution in [1.82, 2.24) is 14.8 Å². The quantitative estimate of drug-likeness (QED) is 0.873. The maximum Gasteiger partial charge on any atom is 0.178 e. The van der Waals surface area contributed by atoms with E-state index in [0.717, 1.165) is 11.8 Å². The molecule has 0 aliphatic rings. The standard InChI is InChI=1S/C11H13N3O3S/c1-8-3-9(7-15)4-12-11(8)14-6-10(5-13-14)18(2,16)17/h3-6,15H,7H2,1-2H3. The van der Waals surface area contributed by atoms with Gasteiger partial charge in [0, 0.05) is 12.5 Å². The second kappa shape index (κ2) is 4.51. The molecular formula is C11H13N3O3S. The second-order valence-electron chi connectivity index (χ2n) is 4.03. The molecule has 7 heteroatoms. The first-order valence-corrected chi connectivity index (χ1v) is 7.12. The number of sulfone groups is 1. The average Bonchev–Trinajstić information content (AvgIpc) is 2.77. The number of nitrogens with zero attached hydrogens (tertiary/aromatic N) is 3. The number of aliphatic hydroxyl groups excluding tert-OH is 1. The summed E-state index contributed by atoms with van der Waals surface area (Å²) in [7, 11) is -3.27. The van der Waals surface area contributed by atoms with Gasteiger partial charge >= 0.3 is 0 Å². The monoisotopic (exact) mass is 267 g/mol. The van der Waals surface area contributed by atoms with Gasteiger partial charge in [-0.2, -0.15) is 5.10 Å². The Morgan fingerprint density at radius 2 is 2.11 bits per heavy atom. The van der Waals surface area contributed by atoms with Gasteiger partial charge in [-0.25, -0.2) is 18.1 Å². The smallest absolute Gasteiger partial charge is 0.178 e. The van der Waals surface area contributed by atoms with E-state index in [9.17, 15) is 8.42 Å². The van der Waals surface area contributed by atoms with Gasteiger partial charge in [0.15, 0.2) is 15.7 Å². The molecule has 96 valence electrons. The largest absolute Gasteiger partial charge is 0.392 e. The van der Waals surface area contributed by atoms with Crippen molar-refractivity contribution in [3.63, 3.8) is 0 Å². The predicted molar refractivity (Wildman–Crippen MR) is 65.1 cm³/mol. The van der Waals surface area contributed by atoms with Crippen molar-refractivity contribution in [1.29, 1.82) is 0 Å². The zero-order valence-electron chi connectivity index (χ0n) is 10.0. The van der Waals surface area contributed by atoms with Crippen molar-refractivity contribution in [3.05, 3.63) is 35.8 Å². The SMILES string of the molecule is Cc1cc(CO)cnc1-n1cc(S(C)(=O)=O)cn1. The van der Waals surface area contributed by atoms with Gasteiger partial charge in [-0.05, 0) is 24.1 Å². The molecule has 0 spiro atoms. The van der Waals surface area contributed by atoms with Gasteiger partial charge in [0.1, 0.15) is 4.90 Å². The van der Waals surface area contributed by atoms with Crippen molar-refractivity contribution in [2.45, 2.75) is 18.4 Å². The van der Waals surface area contributed by atoms with E-state index in [1.54, 1.807) is 6.07 Å². The Morgan fingerprint density at radius 1 is 1.39 bits per heavy atom. The van der Waals surface area contributed by atoms with Gasteiger partial charge in [0.25, 0.3) is 0 Å². The lowest BCUT2D eigenvalue weighted by Crippen LogP contribution is -2.02. The second-order valence-corrected chi connectivity index (χ2v) is 6.05. The Hall–Kier alpha value is -1.73. The zero-order valence-corrected chi connectivity index (χ0v) is 10.8. The summed E-state index contributed by atoms with van der Waals surface area (Å²) in [5.41, 5.74) is 1.51. The topological polar surface area (TPSA) is 85.1 Å². The molecule has 0 radical (unpaired) electrons. The van der Waals surface area contributed by atoms with E-state index < -0.39 is 9.84 Å². The van der Waals surface area contributed by atoms with Crippen LogP contribution in [0.1, 0.15) is 11.1 Å². The van der Waals surface area contributed by atoms with E-state index in [4.69, 9.17) is 5.11 Å². The summed E-state index contributed by atoms with van der Waals surface area (Å²) in [5.74, 6) is 0.544. The van der Waals surface area contributed by atoms with E-state index in [0.29, 0.717) is 11.4 Å². The van der Waals surface area contributed by atoms with E-state index in [1.807, 2.05) is 6.92 Å². The molecule has 0 bridgehead atoms. The number of hydrogen-bond acceptors (Lipinski definition) is 5.